The van der Waals surface area contributed by atoms with Crippen LogP contribution in [-0.2, 0) is 22.6 Å². The van der Waals surface area contributed by atoms with E-state index in [1.807, 2.05) is 39.5 Å². The van der Waals surface area contributed by atoms with Gasteiger partial charge in [0.15, 0.2) is 11.6 Å². The molecule has 3 aromatic rings. The van der Waals surface area contributed by atoms with Crippen LogP contribution in [0.2, 0.25) is 5.02 Å². The van der Waals surface area contributed by atoms with E-state index in [0.29, 0.717) is 37.2 Å². The molecule has 0 atom stereocenters. The Bertz CT molecular complexity index is 1200. The highest BCUT2D eigenvalue weighted by atomic mass is 35.5. The molecule has 2 aliphatic rings. The second kappa shape index (κ2) is 9.76. The summed E-state index contributed by atoms with van der Waals surface area (Å²) in [7, 11) is 1.64. The summed E-state index contributed by atoms with van der Waals surface area (Å²) < 4.78 is 15.0. The fourth-order valence-electron chi connectivity index (χ4n) is 3.53. The molecule has 0 bridgehead atoms. The van der Waals surface area contributed by atoms with Crippen LogP contribution in [0.3, 0.4) is 0 Å². The zero-order chi connectivity index (χ0) is 22.5. The minimum Gasteiger partial charge on any atom is -0.474 e. The van der Waals surface area contributed by atoms with Gasteiger partial charge < -0.3 is 14.0 Å². The molecule has 2 aromatic heterocycles. The number of benzene rings is 1. The molecule has 1 aromatic carbocycles. The summed E-state index contributed by atoms with van der Waals surface area (Å²) in [6, 6.07) is 5.71. The van der Waals surface area contributed by atoms with Gasteiger partial charge in [0.1, 0.15) is 25.2 Å². The Morgan fingerprint density at radius 3 is 2.72 bits per heavy atom. The zero-order valence-corrected chi connectivity index (χ0v) is 18.5. The fourth-order valence-corrected chi connectivity index (χ4v) is 3.70. The zero-order valence-electron chi connectivity index (χ0n) is 17.7. The summed E-state index contributed by atoms with van der Waals surface area (Å²) in [4.78, 5) is 8.99. The van der Waals surface area contributed by atoms with Crippen LogP contribution in [0, 0.1) is 0 Å². The molecule has 0 spiro atoms. The molecule has 5 rings (SSSR count). The lowest BCUT2D eigenvalue weighted by Gasteiger charge is -2.09. The van der Waals surface area contributed by atoms with Crippen molar-refractivity contribution in [3.8, 4) is 17.1 Å². The third kappa shape index (κ3) is 4.15. The van der Waals surface area contributed by atoms with Crippen LogP contribution in [-0.4, -0.2) is 50.5 Å². The molecule has 2 aliphatic heterocycles. The number of halogens is 1. The lowest BCUT2D eigenvalue weighted by molar-refractivity contribution is 0.174. The summed E-state index contributed by atoms with van der Waals surface area (Å²) >= 11 is 6.25. The predicted octanol–water partition coefficient (Wildman–Crippen LogP) is 3.98. The lowest BCUT2D eigenvalue weighted by atomic mass is 10.1. The van der Waals surface area contributed by atoms with Crippen molar-refractivity contribution in [1.29, 1.82) is 0 Å². The van der Waals surface area contributed by atoms with Gasteiger partial charge in [0.05, 0.1) is 24.5 Å². The maximum atomic E-state index is 6.25. The van der Waals surface area contributed by atoms with Gasteiger partial charge in [0.2, 0.25) is 5.90 Å². The van der Waals surface area contributed by atoms with E-state index in [9.17, 15) is 0 Å². The van der Waals surface area contributed by atoms with E-state index in [2.05, 4.69) is 33.3 Å². The molecule has 0 fully saturated rings. The minimum absolute atomic E-state index is 0.365. The molecule has 4 heterocycles. The van der Waals surface area contributed by atoms with Crippen LogP contribution in [0.1, 0.15) is 17.2 Å². The van der Waals surface area contributed by atoms with Gasteiger partial charge in [0.25, 0.3) is 0 Å². The fraction of sp³-hybridized carbons (Fsp3) is 0.217. The molecular formula is C23H23ClN6O2. The quantitative estimate of drug-likeness (QED) is 0.429. The molecule has 0 saturated heterocycles. The van der Waals surface area contributed by atoms with Gasteiger partial charge in [0, 0.05) is 17.7 Å². The molecule has 32 heavy (non-hydrogen) atoms. The van der Waals surface area contributed by atoms with Crippen molar-refractivity contribution in [3.63, 3.8) is 0 Å². The van der Waals surface area contributed by atoms with Crippen LogP contribution in [0.15, 0.2) is 67.0 Å². The van der Waals surface area contributed by atoms with E-state index in [-0.39, 0.29) is 0 Å². The number of aromatic nitrogens is 5. The highest BCUT2D eigenvalue weighted by molar-refractivity contribution is 6.31. The SMILES string of the molecule is C=C/C=C\C=C.COCc1nnc2n1Cc1c(C3=NCCO3)ncn1-c1ccc(Cl)cc1-2. The Balaban J connectivity index is 0.000000363. The standard InChI is InChI=1S/C17H15ClN6O2.C6H8/c1-25-8-14-21-22-16-11-6-10(18)2-3-12(11)24-9-20-15(13(24)7-23(14)16)17-19-4-5-26-17;1-3-5-6-4-2/h2-3,6,9H,4-5,7-8H2,1H3;3-6H,1-2H2/b;6-5-. The second-order valence-electron chi connectivity index (χ2n) is 6.92. The first-order valence-electron chi connectivity index (χ1n) is 10.0. The highest BCUT2D eigenvalue weighted by Gasteiger charge is 2.28. The first-order valence-corrected chi connectivity index (χ1v) is 10.4. The van der Waals surface area contributed by atoms with E-state index in [1.165, 1.54) is 0 Å². The molecule has 0 saturated carbocycles. The third-order valence-corrected chi connectivity index (χ3v) is 5.14. The Labute approximate surface area is 191 Å². The maximum absolute atomic E-state index is 6.25. The van der Waals surface area contributed by atoms with Gasteiger partial charge in [-0.3, -0.25) is 4.57 Å². The van der Waals surface area contributed by atoms with E-state index in [0.717, 1.165) is 34.3 Å². The van der Waals surface area contributed by atoms with Crippen molar-refractivity contribution in [2.75, 3.05) is 20.3 Å². The van der Waals surface area contributed by atoms with E-state index >= 15 is 0 Å². The van der Waals surface area contributed by atoms with Crippen molar-refractivity contribution in [2.45, 2.75) is 13.2 Å². The largest absolute Gasteiger partial charge is 0.474 e. The van der Waals surface area contributed by atoms with Crippen molar-refractivity contribution < 1.29 is 9.47 Å². The topological polar surface area (TPSA) is 79.3 Å². The van der Waals surface area contributed by atoms with Crippen LogP contribution in [0.25, 0.3) is 17.1 Å². The van der Waals surface area contributed by atoms with Crippen LogP contribution in [0.5, 0.6) is 0 Å². The summed E-state index contributed by atoms with van der Waals surface area (Å²) in [5.41, 5.74) is 3.54. The number of hydrogen-bond donors (Lipinski definition) is 0. The monoisotopic (exact) mass is 450 g/mol. The highest BCUT2D eigenvalue weighted by Crippen LogP contribution is 2.34. The number of hydrogen-bond acceptors (Lipinski definition) is 6. The maximum Gasteiger partial charge on any atom is 0.237 e. The number of fused-ring (bicyclic) bond motifs is 5. The molecule has 9 heteroatoms. The van der Waals surface area contributed by atoms with Gasteiger partial charge in [-0.05, 0) is 18.2 Å². The number of ether oxygens (including phenoxy) is 2. The summed E-state index contributed by atoms with van der Waals surface area (Å²) in [5, 5.41) is 9.32. The first kappa shape index (κ1) is 21.7. The number of allylic oxidation sites excluding steroid dienone is 4. The summed E-state index contributed by atoms with van der Waals surface area (Å²) in [5.74, 6) is 2.07. The Hall–Kier alpha value is -3.49. The lowest BCUT2D eigenvalue weighted by Crippen LogP contribution is -2.12. The number of rotatable bonds is 5. The third-order valence-electron chi connectivity index (χ3n) is 4.91. The Morgan fingerprint density at radius 1 is 1.22 bits per heavy atom. The normalized spacial score (nSPS) is 13.8. The van der Waals surface area contributed by atoms with E-state index in [1.54, 1.807) is 25.6 Å². The number of nitrogens with zero attached hydrogens (tertiary/aromatic N) is 6. The summed E-state index contributed by atoms with van der Waals surface area (Å²) in [6.07, 6.45) is 8.86. The molecule has 0 aliphatic carbocycles. The first-order chi connectivity index (χ1) is 15.7. The smallest absolute Gasteiger partial charge is 0.237 e. The number of imidazole rings is 1. The number of methoxy groups -OCH3 is 1. The van der Waals surface area contributed by atoms with E-state index in [4.69, 9.17) is 21.1 Å². The molecule has 164 valence electrons. The van der Waals surface area contributed by atoms with Gasteiger partial charge in [-0.1, -0.05) is 49.1 Å². The summed E-state index contributed by atoms with van der Waals surface area (Å²) in [6.45, 7) is 9.06. The van der Waals surface area contributed by atoms with E-state index < -0.39 is 0 Å². The predicted molar refractivity (Wildman–Crippen MR) is 124 cm³/mol. The number of aliphatic imine (C=N–C) groups is 1. The minimum atomic E-state index is 0.365. The molecule has 0 amide bonds. The average molecular weight is 451 g/mol. The molecule has 0 N–H and O–H groups in total. The molecular weight excluding hydrogens is 428 g/mol. The average Bonchev–Trinajstić information content (AvgIpc) is 3.53. The van der Waals surface area contributed by atoms with Crippen molar-refractivity contribution in [1.82, 2.24) is 24.3 Å². The van der Waals surface area contributed by atoms with Crippen molar-refractivity contribution in [2.24, 2.45) is 4.99 Å². The van der Waals surface area contributed by atoms with Crippen LogP contribution < -0.4 is 0 Å². The molecule has 8 nitrogen and oxygen atoms in total. The van der Waals surface area contributed by atoms with Gasteiger partial charge >= 0.3 is 0 Å². The molecule has 0 unspecified atom stereocenters. The van der Waals surface area contributed by atoms with Crippen LogP contribution in [0.4, 0.5) is 0 Å². The van der Waals surface area contributed by atoms with Crippen LogP contribution >= 0.6 is 11.6 Å². The Morgan fingerprint density at radius 2 is 2.03 bits per heavy atom. The Kier molecular flexibility index (Phi) is 6.63. The molecule has 0 radical (unpaired) electrons. The van der Waals surface area contributed by atoms with Crippen molar-refractivity contribution >= 4 is 17.5 Å². The van der Waals surface area contributed by atoms with Gasteiger partial charge in [-0.2, -0.15) is 0 Å². The van der Waals surface area contributed by atoms with Crippen molar-refractivity contribution in [3.05, 3.63) is 84.2 Å². The second-order valence-corrected chi connectivity index (χ2v) is 7.36. The van der Waals surface area contributed by atoms with Gasteiger partial charge in [-0.25, -0.2) is 9.98 Å². The van der Waals surface area contributed by atoms with Gasteiger partial charge in [-0.15, -0.1) is 10.2 Å².